The van der Waals surface area contributed by atoms with Crippen molar-refractivity contribution in [3.05, 3.63) is 30.7 Å². The van der Waals surface area contributed by atoms with E-state index < -0.39 is 11.6 Å². The fourth-order valence-corrected chi connectivity index (χ4v) is 3.37. The number of hydrogen-bond donors (Lipinski definition) is 0. The van der Waals surface area contributed by atoms with Gasteiger partial charge < -0.3 is 14.1 Å². The molecule has 1 atom stereocenters. The summed E-state index contributed by atoms with van der Waals surface area (Å²) in [5.41, 5.74) is 0.0611. The molecule has 1 saturated carbocycles. The van der Waals surface area contributed by atoms with E-state index >= 15 is 0 Å². The maximum Gasteiger partial charge on any atom is 0.264 e. The number of rotatable bonds is 5. The molecular weight excluding hydrogens is 332 g/mol. The van der Waals surface area contributed by atoms with Crippen LogP contribution in [0.5, 0.6) is 5.75 Å². The number of amides is 1. The van der Waals surface area contributed by atoms with Gasteiger partial charge in [0.15, 0.2) is 6.10 Å². The zero-order valence-electron chi connectivity index (χ0n) is 15.0. The zero-order chi connectivity index (χ0) is 18.6. The van der Waals surface area contributed by atoms with Gasteiger partial charge in [-0.3, -0.25) is 4.79 Å². The SMILES string of the molecule is C[C@H](Oc1ccc(-c2nnco2)cc1)C(=O)N(C)C1(C#N)CCCCC1. The molecule has 136 valence electrons. The van der Waals surface area contributed by atoms with Crippen molar-refractivity contribution >= 4 is 5.91 Å². The number of aromatic nitrogens is 2. The van der Waals surface area contributed by atoms with Gasteiger partial charge in [0.25, 0.3) is 5.91 Å². The highest BCUT2D eigenvalue weighted by atomic mass is 16.5. The molecule has 1 heterocycles. The second-order valence-electron chi connectivity index (χ2n) is 6.63. The van der Waals surface area contributed by atoms with Crippen molar-refractivity contribution < 1.29 is 13.9 Å². The minimum atomic E-state index is -0.714. The number of benzene rings is 1. The van der Waals surface area contributed by atoms with Crippen LogP contribution in [0, 0.1) is 11.3 Å². The van der Waals surface area contributed by atoms with Crippen molar-refractivity contribution in [1.29, 1.82) is 5.26 Å². The molecule has 1 aromatic heterocycles. The molecule has 1 amide bonds. The molecule has 0 unspecified atom stereocenters. The van der Waals surface area contributed by atoms with Crippen molar-refractivity contribution in [2.24, 2.45) is 0 Å². The van der Waals surface area contributed by atoms with Crippen LogP contribution in [0.15, 0.2) is 35.1 Å². The topological polar surface area (TPSA) is 92.2 Å². The average molecular weight is 354 g/mol. The van der Waals surface area contributed by atoms with Crippen LogP contribution in [-0.4, -0.2) is 39.7 Å². The van der Waals surface area contributed by atoms with E-state index in [9.17, 15) is 10.1 Å². The maximum absolute atomic E-state index is 12.8. The van der Waals surface area contributed by atoms with Gasteiger partial charge in [0.05, 0.1) is 6.07 Å². The number of nitrogens with zero attached hydrogens (tertiary/aromatic N) is 4. The quantitative estimate of drug-likeness (QED) is 0.819. The van der Waals surface area contributed by atoms with E-state index in [0.717, 1.165) is 37.7 Å². The van der Waals surface area contributed by atoms with E-state index in [4.69, 9.17) is 9.15 Å². The normalized spacial score (nSPS) is 17.1. The fourth-order valence-electron chi connectivity index (χ4n) is 3.37. The smallest absolute Gasteiger partial charge is 0.264 e. The fraction of sp³-hybridized carbons (Fsp3) is 0.474. The Morgan fingerprint density at radius 2 is 2.00 bits per heavy atom. The molecule has 1 fully saturated rings. The Balaban J connectivity index is 1.66. The molecule has 1 aliphatic carbocycles. The monoisotopic (exact) mass is 354 g/mol. The van der Waals surface area contributed by atoms with Crippen molar-refractivity contribution in [3.8, 4) is 23.3 Å². The molecule has 0 bridgehead atoms. The molecule has 0 saturated heterocycles. The molecule has 7 nitrogen and oxygen atoms in total. The third-order valence-electron chi connectivity index (χ3n) is 4.98. The number of ether oxygens (including phenoxy) is 1. The number of carbonyl (C=O) groups excluding carboxylic acids is 1. The van der Waals surface area contributed by atoms with Crippen LogP contribution >= 0.6 is 0 Å². The molecule has 3 rings (SSSR count). The molecule has 0 spiro atoms. The summed E-state index contributed by atoms with van der Waals surface area (Å²) in [7, 11) is 1.70. The Kier molecular flexibility index (Phi) is 5.21. The summed E-state index contributed by atoms with van der Waals surface area (Å²) < 4.78 is 10.9. The molecule has 26 heavy (non-hydrogen) atoms. The summed E-state index contributed by atoms with van der Waals surface area (Å²) in [6.07, 6.45) is 5.08. The Morgan fingerprint density at radius 3 is 2.58 bits per heavy atom. The number of hydrogen-bond acceptors (Lipinski definition) is 6. The summed E-state index contributed by atoms with van der Waals surface area (Å²) in [6.45, 7) is 1.71. The van der Waals surface area contributed by atoms with E-state index in [1.54, 1.807) is 43.1 Å². The summed E-state index contributed by atoms with van der Waals surface area (Å²) in [5, 5.41) is 17.1. The first kappa shape index (κ1) is 17.9. The van der Waals surface area contributed by atoms with Crippen molar-refractivity contribution in [3.63, 3.8) is 0 Å². The minimum Gasteiger partial charge on any atom is -0.481 e. The highest BCUT2D eigenvalue weighted by Crippen LogP contribution is 2.33. The average Bonchev–Trinajstić information content (AvgIpc) is 3.22. The first-order valence-corrected chi connectivity index (χ1v) is 8.78. The zero-order valence-corrected chi connectivity index (χ0v) is 15.0. The van der Waals surface area contributed by atoms with Crippen LogP contribution in [0.25, 0.3) is 11.5 Å². The third-order valence-corrected chi connectivity index (χ3v) is 4.98. The van der Waals surface area contributed by atoms with Gasteiger partial charge in [-0.1, -0.05) is 19.3 Å². The predicted octanol–water partition coefficient (Wildman–Crippen LogP) is 3.19. The second-order valence-corrected chi connectivity index (χ2v) is 6.63. The first-order valence-electron chi connectivity index (χ1n) is 8.78. The Hall–Kier alpha value is -2.88. The second kappa shape index (κ2) is 7.56. The lowest BCUT2D eigenvalue weighted by Gasteiger charge is -2.40. The molecule has 2 aromatic rings. The predicted molar refractivity (Wildman–Crippen MR) is 94.0 cm³/mol. The molecule has 1 aliphatic rings. The van der Waals surface area contributed by atoms with Gasteiger partial charge in [-0.15, -0.1) is 10.2 Å². The molecule has 1 aromatic carbocycles. The lowest BCUT2D eigenvalue weighted by molar-refractivity contribution is -0.141. The van der Waals surface area contributed by atoms with Crippen LogP contribution < -0.4 is 4.74 Å². The molecule has 7 heteroatoms. The van der Waals surface area contributed by atoms with Crippen LogP contribution in [-0.2, 0) is 4.79 Å². The van der Waals surface area contributed by atoms with E-state index in [1.807, 2.05) is 0 Å². The summed E-state index contributed by atoms with van der Waals surface area (Å²) in [4.78, 5) is 14.4. The van der Waals surface area contributed by atoms with Gasteiger partial charge in [0.1, 0.15) is 11.3 Å². The van der Waals surface area contributed by atoms with Crippen LogP contribution in [0.3, 0.4) is 0 Å². The van der Waals surface area contributed by atoms with Gasteiger partial charge in [-0.2, -0.15) is 5.26 Å². The number of carbonyl (C=O) groups is 1. The standard InChI is InChI=1S/C19H22N4O3/c1-14(18(24)23(2)19(12-20)10-4-3-5-11-19)26-16-8-6-15(7-9-16)17-22-21-13-25-17/h6-9,13-14H,3-5,10-11H2,1-2H3/t14-/m0/s1. The van der Waals surface area contributed by atoms with Crippen molar-refractivity contribution in [1.82, 2.24) is 15.1 Å². The largest absolute Gasteiger partial charge is 0.481 e. The number of likely N-dealkylation sites (N-methyl/N-ethyl adjacent to an activating group) is 1. The van der Waals surface area contributed by atoms with Gasteiger partial charge in [0.2, 0.25) is 12.3 Å². The highest BCUT2D eigenvalue weighted by Gasteiger charge is 2.40. The van der Waals surface area contributed by atoms with Crippen LogP contribution in [0.2, 0.25) is 0 Å². The maximum atomic E-state index is 12.8. The molecule has 0 radical (unpaired) electrons. The van der Waals surface area contributed by atoms with Gasteiger partial charge in [-0.05, 0) is 44.0 Å². The van der Waals surface area contributed by atoms with Gasteiger partial charge in [0, 0.05) is 12.6 Å². The molecule has 0 N–H and O–H groups in total. The summed E-state index contributed by atoms with van der Waals surface area (Å²) >= 11 is 0. The van der Waals surface area contributed by atoms with Crippen molar-refractivity contribution in [2.45, 2.75) is 50.7 Å². The molecular formula is C19H22N4O3. The lowest BCUT2D eigenvalue weighted by Crippen LogP contribution is -2.53. The molecule has 0 aliphatic heterocycles. The first-order chi connectivity index (χ1) is 12.6. The van der Waals surface area contributed by atoms with Crippen LogP contribution in [0.4, 0.5) is 0 Å². The van der Waals surface area contributed by atoms with Crippen molar-refractivity contribution in [2.75, 3.05) is 7.05 Å². The third kappa shape index (κ3) is 3.54. The van der Waals surface area contributed by atoms with Gasteiger partial charge in [-0.25, -0.2) is 0 Å². The Morgan fingerprint density at radius 1 is 1.31 bits per heavy atom. The Labute approximate surface area is 152 Å². The summed E-state index contributed by atoms with van der Waals surface area (Å²) in [5.74, 6) is 0.806. The summed E-state index contributed by atoms with van der Waals surface area (Å²) in [6, 6.07) is 9.46. The highest BCUT2D eigenvalue weighted by molar-refractivity contribution is 5.82. The minimum absolute atomic E-state index is 0.186. The van der Waals surface area contributed by atoms with E-state index in [1.165, 1.54) is 6.39 Å². The number of nitriles is 1. The van der Waals surface area contributed by atoms with Crippen LogP contribution in [0.1, 0.15) is 39.0 Å². The Bertz CT molecular complexity index is 774. The van der Waals surface area contributed by atoms with E-state index in [2.05, 4.69) is 16.3 Å². The van der Waals surface area contributed by atoms with E-state index in [0.29, 0.717) is 11.6 Å². The lowest BCUT2D eigenvalue weighted by atomic mass is 9.81. The van der Waals surface area contributed by atoms with E-state index in [-0.39, 0.29) is 5.91 Å². The van der Waals surface area contributed by atoms with Gasteiger partial charge >= 0.3 is 0 Å².